The third-order valence-electron chi connectivity index (χ3n) is 4.93. The van der Waals surface area contributed by atoms with Crippen LogP contribution >= 0.6 is 11.6 Å². The molecular formula is C21H21ClFN7O. The Kier molecular flexibility index (Phi) is 5.94. The zero-order valence-corrected chi connectivity index (χ0v) is 17.8. The topological polar surface area (TPSA) is 101 Å². The molecule has 4 aromatic rings. The van der Waals surface area contributed by atoms with E-state index in [0.717, 1.165) is 17.3 Å². The average Bonchev–Trinajstić information content (AvgIpc) is 3.35. The molecule has 4 rings (SSSR count). The molecule has 0 spiro atoms. The maximum Gasteiger partial charge on any atom is 0.183 e. The van der Waals surface area contributed by atoms with Crippen LogP contribution in [0.2, 0.25) is 5.02 Å². The Morgan fingerprint density at radius 2 is 2.16 bits per heavy atom. The summed E-state index contributed by atoms with van der Waals surface area (Å²) in [5.41, 5.74) is 2.20. The van der Waals surface area contributed by atoms with Crippen LogP contribution in [-0.2, 0) is 18.3 Å². The van der Waals surface area contributed by atoms with Crippen LogP contribution in [0, 0.1) is 5.82 Å². The van der Waals surface area contributed by atoms with Crippen molar-refractivity contribution in [3.63, 3.8) is 0 Å². The number of aryl methyl sites for hydroxylation is 2. The van der Waals surface area contributed by atoms with Gasteiger partial charge in [0.05, 0.1) is 29.3 Å². The molecule has 0 fully saturated rings. The Balaban J connectivity index is 1.45. The van der Waals surface area contributed by atoms with E-state index in [1.807, 2.05) is 17.8 Å². The second-order valence-corrected chi connectivity index (χ2v) is 7.80. The number of aromatic nitrogens is 6. The smallest absolute Gasteiger partial charge is 0.183 e. The molecule has 0 aliphatic rings. The van der Waals surface area contributed by atoms with Crippen molar-refractivity contribution in [3.8, 4) is 11.4 Å². The number of fused-ring (bicyclic) bond motifs is 1. The monoisotopic (exact) mass is 441 g/mol. The van der Waals surface area contributed by atoms with Gasteiger partial charge in [0.2, 0.25) is 0 Å². The van der Waals surface area contributed by atoms with Crippen LogP contribution in [0.4, 0.5) is 10.2 Å². The Hall–Kier alpha value is -3.33. The fraction of sp³-hybridized carbons (Fsp3) is 0.286. The van der Waals surface area contributed by atoms with Gasteiger partial charge < -0.3 is 14.9 Å². The van der Waals surface area contributed by atoms with Gasteiger partial charge in [0, 0.05) is 43.0 Å². The summed E-state index contributed by atoms with van der Waals surface area (Å²) in [6, 6.07) is 1.14. The minimum atomic E-state index is -0.632. The summed E-state index contributed by atoms with van der Waals surface area (Å²) in [5, 5.41) is 4.07. The van der Waals surface area contributed by atoms with Gasteiger partial charge in [0.15, 0.2) is 23.2 Å². The van der Waals surface area contributed by atoms with Crippen molar-refractivity contribution >= 4 is 34.2 Å². The first-order valence-corrected chi connectivity index (χ1v) is 10.2. The predicted molar refractivity (Wildman–Crippen MR) is 116 cm³/mol. The number of anilines is 1. The summed E-state index contributed by atoms with van der Waals surface area (Å²) in [5.74, 6) is -0.389. The summed E-state index contributed by atoms with van der Waals surface area (Å²) < 4.78 is 16.2. The number of aromatic amines is 1. The number of rotatable bonds is 8. The normalized spacial score (nSPS) is 12.3. The molecule has 4 heterocycles. The van der Waals surface area contributed by atoms with E-state index in [-0.39, 0.29) is 11.6 Å². The standard InChI is InChI=1S/C21H21ClFN7O/c1-12(18(31)5-3-4-14-10-30(2)11-27-14)28-21-17(23)9-26-20(29-21)16-8-25-19-15(16)6-13(22)7-24-19/h6-12H,3-5H2,1-2H3,(H,24,25)(H,26,28,29)/t12-/m0/s1. The summed E-state index contributed by atoms with van der Waals surface area (Å²) >= 11 is 6.04. The first-order chi connectivity index (χ1) is 14.9. The van der Waals surface area contributed by atoms with E-state index in [4.69, 9.17) is 11.6 Å². The van der Waals surface area contributed by atoms with Gasteiger partial charge in [-0.15, -0.1) is 0 Å². The predicted octanol–water partition coefficient (Wildman–Crippen LogP) is 3.94. The Labute approximate surface area is 182 Å². The molecule has 2 N–H and O–H groups in total. The first-order valence-electron chi connectivity index (χ1n) is 9.82. The minimum Gasteiger partial charge on any atom is -0.358 e. The molecule has 160 valence electrons. The molecule has 8 nitrogen and oxygen atoms in total. The van der Waals surface area contributed by atoms with Crippen LogP contribution in [0.15, 0.2) is 37.2 Å². The Morgan fingerprint density at radius 3 is 2.94 bits per heavy atom. The summed E-state index contributed by atoms with van der Waals surface area (Å²) in [7, 11) is 1.90. The number of pyridine rings is 1. The number of hydrogen-bond acceptors (Lipinski definition) is 6. The Bertz CT molecular complexity index is 1240. The number of nitrogens with one attached hydrogen (secondary N) is 2. The van der Waals surface area contributed by atoms with E-state index in [1.54, 1.807) is 25.5 Å². The van der Waals surface area contributed by atoms with Crippen LogP contribution in [-0.4, -0.2) is 41.3 Å². The number of ketones is 1. The summed E-state index contributed by atoms with van der Waals surface area (Å²) in [4.78, 5) is 32.4. The third-order valence-corrected chi connectivity index (χ3v) is 5.14. The molecule has 31 heavy (non-hydrogen) atoms. The van der Waals surface area contributed by atoms with Crippen molar-refractivity contribution in [2.45, 2.75) is 32.2 Å². The molecular weight excluding hydrogens is 421 g/mol. The fourth-order valence-electron chi connectivity index (χ4n) is 3.30. The molecule has 0 unspecified atom stereocenters. The number of hydrogen-bond donors (Lipinski definition) is 2. The van der Waals surface area contributed by atoms with Crippen molar-refractivity contribution in [2.24, 2.45) is 7.05 Å². The van der Waals surface area contributed by atoms with Crippen LogP contribution in [0.5, 0.6) is 0 Å². The highest BCUT2D eigenvalue weighted by atomic mass is 35.5. The summed E-state index contributed by atoms with van der Waals surface area (Å²) in [6.07, 6.45) is 9.70. The van der Waals surface area contributed by atoms with Gasteiger partial charge in [-0.1, -0.05) is 11.6 Å². The van der Waals surface area contributed by atoms with E-state index in [2.05, 4.69) is 30.2 Å². The van der Waals surface area contributed by atoms with Gasteiger partial charge >= 0.3 is 0 Å². The molecule has 0 aliphatic carbocycles. The van der Waals surface area contributed by atoms with Gasteiger partial charge in [-0.2, -0.15) is 0 Å². The van der Waals surface area contributed by atoms with Gasteiger partial charge in [0.1, 0.15) is 5.65 Å². The molecule has 0 aromatic carbocycles. The second-order valence-electron chi connectivity index (χ2n) is 7.36. The lowest BCUT2D eigenvalue weighted by Crippen LogP contribution is -2.27. The molecule has 0 aliphatic heterocycles. The highest BCUT2D eigenvalue weighted by Gasteiger charge is 2.18. The van der Waals surface area contributed by atoms with E-state index in [0.29, 0.717) is 41.3 Å². The van der Waals surface area contributed by atoms with Gasteiger partial charge in [0.25, 0.3) is 0 Å². The maximum atomic E-state index is 14.3. The number of imidazole rings is 1. The van der Waals surface area contributed by atoms with Gasteiger partial charge in [-0.3, -0.25) is 4.79 Å². The number of nitrogens with zero attached hydrogens (tertiary/aromatic N) is 5. The van der Waals surface area contributed by atoms with E-state index < -0.39 is 11.9 Å². The van der Waals surface area contributed by atoms with Crippen LogP contribution in [0.1, 0.15) is 25.5 Å². The number of H-pyrrole nitrogens is 1. The number of carbonyl (C=O) groups is 1. The summed E-state index contributed by atoms with van der Waals surface area (Å²) in [6.45, 7) is 1.69. The molecule has 1 atom stereocenters. The highest BCUT2D eigenvalue weighted by Crippen LogP contribution is 2.28. The van der Waals surface area contributed by atoms with Crippen molar-refractivity contribution in [2.75, 3.05) is 5.32 Å². The molecule has 0 radical (unpaired) electrons. The van der Waals surface area contributed by atoms with Gasteiger partial charge in [-0.25, -0.2) is 24.3 Å². The van der Waals surface area contributed by atoms with Crippen LogP contribution in [0.25, 0.3) is 22.4 Å². The average molecular weight is 442 g/mol. The van der Waals surface area contributed by atoms with Crippen molar-refractivity contribution in [1.29, 1.82) is 0 Å². The fourth-order valence-corrected chi connectivity index (χ4v) is 3.46. The lowest BCUT2D eigenvalue weighted by molar-refractivity contribution is -0.119. The van der Waals surface area contributed by atoms with Crippen LogP contribution in [0.3, 0.4) is 0 Å². The lowest BCUT2D eigenvalue weighted by atomic mass is 10.1. The van der Waals surface area contributed by atoms with E-state index in [9.17, 15) is 9.18 Å². The molecule has 4 aromatic heterocycles. The molecule has 0 amide bonds. The number of halogens is 2. The second kappa shape index (κ2) is 8.81. The minimum absolute atomic E-state index is 0.0279. The van der Waals surface area contributed by atoms with Crippen molar-refractivity contribution in [1.82, 2.24) is 29.5 Å². The van der Waals surface area contributed by atoms with Gasteiger partial charge in [-0.05, 0) is 25.8 Å². The molecule has 0 saturated heterocycles. The van der Waals surface area contributed by atoms with E-state index >= 15 is 0 Å². The molecule has 0 saturated carbocycles. The quantitative estimate of drug-likeness (QED) is 0.429. The Morgan fingerprint density at radius 1 is 1.32 bits per heavy atom. The van der Waals surface area contributed by atoms with E-state index in [1.165, 1.54) is 6.20 Å². The third kappa shape index (κ3) is 4.72. The number of carbonyl (C=O) groups excluding carboxylic acids is 1. The van der Waals surface area contributed by atoms with Crippen LogP contribution < -0.4 is 5.32 Å². The number of Topliss-reactive ketones (excluding diaryl/α,β-unsaturated/α-hetero) is 1. The first kappa shape index (κ1) is 20.9. The largest absolute Gasteiger partial charge is 0.358 e. The lowest BCUT2D eigenvalue weighted by Gasteiger charge is -2.14. The zero-order chi connectivity index (χ0) is 22.0. The van der Waals surface area contributed by atoms with Crippen molar-refractivity contribution < 1.29 is 9.18 Å². The van der Waals surface area contributed by atoms with Crippen molar-refractivity contribution in [3.05, 3.63) is 53.7 Å². The highest BCUT2D eigenvalue weighted by molar-refractivity contribution is 6.31. The molecule has 0 bridgehead atoms. The zero-order valence-electron chi connectivity index (χ0n) is 17.1. The maximum absolute atomic E-state index is 14.3. The SMILES string of the molecule is C[C@H](Nc1nc(-c2c[nH]c3ncc(Cl)cc23)ncc1F)C(=O)CCCc1cn(C)cn1. The molecule has 10 heteroatoms.